The summed E-state index contributed by atoms with van der Waals surface area (Å²) in [6, 6.07) is 13.4. The van der Waals surface area contributed by atoms with Gasteiger partial charge < -0.3 is 10.2 Å². The van der Waals surface area contributed by atoms with Crippen molar-refractivity contribution < 1.29 is 9.18 Å². The highest BCUT2D eigenvalue weighted by Crippen LogP contribution is 2.21. The number of anilines is 2. The predicted octanol–water partition coefficient (Wildman–Crippen LogP) is 3.63. The Morgan fingerprint density at radius 1 is 1.12 bits per heavy atom. The van der Waals surface area contributed by atoms with Crippen molar-refractivity contribution in [3.05, 3.63) is 59.4 Å². The van der Waals surface area contributed by atoms with E-state index in [9.17, 15) is 9.18 Å². The Hall–Kier alpha value is -2.11. The summed E-state index contributed by atoms with van der Waals surface area (Å²) in [6.07, 6.45) is 0. The van der Waals surface area contributed by atoms with Gasteiger partial charge in [-0.2, -0.15) is 0 Å². The largest absolute Gasteiger partial charge is 0.369 e. The van der Waals surface area contributed by atoms with Crippen molar-refractivity contribution in [1.82, 2.24) is 4.90 Å². The van der Waals surface area contributed by atoms with Crippen molar-refractivity contribution in [3.63, 3.8) is 0 Å². The third-order valence-corrected chi connectivity index (χ3v) is 4.76. The first-order chi connectivity index (χ1) is 12.0. The fourth-order valence-corrected chi connectivity index (χ4v) is 3.17. The zero-order chi connectivity index (χ0) is 17.8. The number of nitrogens with one attached hydrogen (secondary N) is 1. The number of carbonyl (C=O) groups is 1. The molecule has 1 saturated heterocycles. The van der Waals surface area contributed by atoms with Gasteiger partial charge in [0.1, 0.15) is 5.82 Å². The Kier molecular flexibility index (Phi) is 5.56. The monoisotopic (exact) mass is 361 g/mol. The van der Waals surface area contributed by atoms with E-state index in [0.717, 1.165) is 36.9 Å². The van der Waals surface area contributed by atoms with Crippen LogP contribution >= 0.6 is 11.6 Å². The van der Waals surface area contributed by atoms with Gasteiger partial charge in [-0.15, -0.1) is 0 Å². The van der Waals surface area contributed by atoms with Gasteiger partial charge in [-0.3, -0.25) is 9.69 Å². The van der Waals surface area contributed by atoms with Gasteiger partial charge in [0.2, 0.25) is 5.91 Å². The lowest BCUT2D eigenvalue weighted by Crippen LogP contribution is -2.52. The molecule has 2 aromatic rings. The number of nitrogens with zero attached hydrogens (tertiary/aromatic N) is 2. The Bertz CT molecular complexity index is 730. The third kappa shape index (κ3) is 4.50. The molecule has 0 bridgehead atoms. The topological polar surface area (TPSA) is 35.6 Å². The molecule has 0 aromatic heterocycles. The molecule has 1 unspecified atom stereocenters. The van der Waals surface area contributed by atoms with Crippen LogP contribution in [0, 0.1) is 5.82 Å². The smallest absolute Gasteiger partial charge is 0.241 e. The maximum atomic E-state index is 12.9. The highest BCUT2D eigenvalue weighted by atomic mass is 35.5. The zero-order valence-electron chi connectivity index (χ0n) is 14.1. The van der Waals surface area contributed by atoms with Crippen LogP contribution < -0.4 is 10.2 Å². The fraction of sp³-hybridized carbons (Fsp3) is 0.316. The van der Waals surface area contributed by atoms with Crippen molar-refractivity contribution in [3.8, 4) is 0 Å². The lowest BCUT2D eigenvalue weighted by Gasteiger charge is -2.38. The van der Waals surface area contributed by atoms with Crippen molar-refractivity contribution in [2.45, 2.75) is 13.0 Å². The molecular weight excluding hydrogens is 341 g/mol. The summed E-state index contributed by atoms with van der Waals surface area (Å²) in [5.74, 6) is -0.397. The first kappa shape index (κ1) is 17.7. The van der Waals surface area contributed by atoms with E-state index >= 15 is 0 Å². The van der Waals surface area contributed by atoms with Gasteiger partial charge in [0.05, 0.1) is 6.04 Å². The molecule has 1 amide bonds. The molecule has 3 rings (SSSR count). The minimum absolute atomic E-state index is 0.0807. The normalized spacial score (nSPS) is 16.5. The second kappa shape index (κ2) is 7.85. The predicted molar refractivity (Wildman–Crippen MR) is 99.7 cm³/mol. The van der Waals surface area contributed by atoms with E-state index in [1.807, 2.05) is 31.2 Å². The summed E-state index contributed by atoms with van der Waals surface area (Å²) in [6.45, 7) is 5.17. The van der Waals surface area contributed by atoms with E-state index in [1.165, 1.54) is 12.1 Å². The number of amides is 1. The summed E-state index contributed by atoms with van der Waals surface area (Å²) >= 11 is 6.06. The van der Waals surface area contributed by atoms with Crippen molar-refractivity contribution in [1.29, 1.82) is 0 Å². The fourth-order valence-electron chi connectivity index (χ4n) is 2.99. The van der Waals surface area contributed by atoms with Crippen LogP contribution in [0.5, 0.6) is 0 Å². The molecule has 1 N–H and O–H groups in total. The van der Waals surface area contributed by atoms with E-state index in [0.29, 0.717) is 5.69 Å². The molecule has 1 aliphatic rings. The highest BCUT2D eigenvalue weighted by Gasteiger charge is 2.25. The molecule has 1 aliphatic heterocycles. The molecule has 0 radical (unpaired) electrons. The van der Waals surface area contributed by atoms with Crippen LogP contribution in [0.25, 0.3) is 0 Å². The van der Waals surface area contributed by atoms with Crippen LogP contribution in [0.3, 0.4) is 0 Å². The SMILES string of the molecule is CC(C(=O)Nc1ccc(F)cc1)N1CCN(c2cccc(Cl)c2)CC1. The standard InChI is InChI=1S/C19H21ClFN3O/c1-14(19(25)22-17-7-5-16(21)6-8-17)23-9-11-24(12-10-23)18-4-2-3-15(20)13-18/h2-8,13-14H,9-12H2,1H3,(H,22,25). The van der Waals surface area contributed by atoms with E-state index in [-0.39, 0.29) is 17.8 Å². The van der Waals surface area contributed by atoms with Gasteiger partial charge in [0.25, 0.3) is 0 Å². The highest BCUT2D eigenvalue weighted by molar-refractivity contribution is 6.30. The maximum Gasteiger partial charge on any atom is 0.241 e. The summed E-state index contributed by atoms with van der Waals surface area (Å²) in [4.78, 5) is 16.8. The first-order valence-corrected chi connectivity index (χ1v) is 8.72. The van der Waals surface area contributed by atoms with Crippen LogP contribution in [-0.2, 0) is 4.79 Å². The van der Waals surface area contributed by atoms with Crippen LogP contribution in [0.4, 0.5) is 15.8 Å². The lowest BCUT2D eigenvalue weighted by molar-refractivity contribution is -0.120. The third-order valence-electron chi connectivity index (χ3n) is 4.53. The van der Waals surface area contributed by atoms with E-state index in [1.54, 1.807) is 12.1 Å². The minimum Gasteiger partial charge on any atom is -0.369 e. The summed E-state index contributed by atoms with van der Waals surface area (Å²) in [5.41, 5.74) is 1.71. The average Bonchev–Trinajstić information content (AvgIpc) is 2.63. The summed E-state index contributed by atoms with van der Waals surface area (Å²) in [7, 11) is 0. The van der Waals surface area contributed by atoms with Gasteiger partial charge in [0.15, 0.2) is 0 Å². The summed E-state index contributed by atoms with van der Waals surface area (Å²) in [5, 5.41) is 3.57. The second-order valence-corrected chi connectivity index (χ2v) is 6.61. The molecule has 1 heterocycles. The van der Waals surface area contributed by atoms with E-state index < -0.39 is 0 Å². The van der Waals surface area contributed by atoms with Crippen LogP contribution in [0.2, 0.25) is 5.02 Å². The molecule has 0 saturated carbocycles. The average molecular weight is 362 g/mol. The van der Waals surface area contributed by atoms with Crippen LogP contribution in [0.15, 0.2) is 48.5 Å². The molecule has 6 heteroatoms. The Morgan fingerprint density at radius 3 is 2.44 bits per heavy atom. The van der Waals surface area contributed by atoms with Crippen LogP contribution in [-0.4, -0.2) is 43.0 Å². The number of piperazine rings is 1. The number of hydrogen-bond donors (Lipinski definition) is 1. The van der Waals surface area contributed by atoms with Gasteiger partial charge in [-0.25, -0.2) is 4.39 Å². The molecule has 2 aromatic carbocycles. The molecule has 4 nitrogen and oxygen atoms in total. The Morgan fingerprint density at radius 2 is 1.80 bits per heavy atom. The van der Waals surface area contributed by atoms with Crippen LogP contribution in [0.1, 0.15) is 6.92 Å². The number of benzene rings is 2. The minimum atomic E-state index is -0.316. The number of carbonyl (C=O) groups excluding carboxylic acids is 1. The molecule has 1 atom stereocenters. The number of hydrogen-bond acceptors (Lipinski definition) is 3. The Labute approximate surface area is 152 Å². The van der Waals surface area contributed by atoms with Gasteiger partial charge in [-0.1, -0.05) is 17.7 Å². The first-order valence-electron chi connectivity index (χ1n) is 8.34. The van der Waals surface area contributed by atoms with Gasteiger partial charge in [0, 0.05) is 42.6 Å². The van der Waals surface area contributed by atoms with Crippen molar-refractivity contribution >= 4 is 28.9 Å². The van der Waals surface area contributed by atoms with Gasteiger partial charge in [-0.05, 0) is 49.4 Å². The van der Waals surface area contributed by atoms with Crippen molar-refractivity contribution in [2.24, 2.45) is 0 Å². The quantitative estimate of drug-likeness (QED) is 0.903. The number of rotatable bonds is 4. The van der Waals surface area contributed by atoms with Crippen molar-refractivity contribution in [2.75, 3.05) is 36.4 Å². The van der Waals surface area contributed by atoms with E-state index in [4.69, 9.17) is 11.6 Å². The molecule has 0 spiro atoms. The molecule has 1 fully saturated rings. The second-order valence-electron chi connectivity index (χ2n) is 6.18. The Balaban J connectivity index is 1.54. The molecular formula is C19H21ClFN3O. The van der Waals surface area contributed by atoms with E-state index in [2.05, 4.69) is 15.1 Å². The maximum absolute atomic E-state index is 12.9. The molecule has 0 aliphatic carbocycles. The van der Waals surface area contributed by atoms with Gasteiger partial charge >= 0.3 is 0 Å². The lowest BCUT2D eigenvalue weighted by atomic mass is 10.2. The zero-order valence-corrected chi connectivity index (χ0v) is 14.8. The molecule has 25 heavy (non-hydrogen) atoms. The summed E-state index contributed by atoms with van der Waals surface area (Å²) < 4.78 is 12.9. The molecule has 132 valence electrons. The number of halogens is 2.